The lowest BCUT2D eigenvalue weighted by Crippen LogP contribution is -2.26. The molecule has 1 aliphatic carbocycles. The molecule has 2 rings (SSSR count). The second-order valence-corrected chi connectivity index (χ2v) is 5.88. The summed E-state index contributed by atoms with van der Waals surface area (Å²) in [5.41, 5.74) is 2.74. The minimum Gasteiger partial charge on any atom is -0.310 e. The van der Waals surface area contributed by atoms with E-state index in [1.807, 2.05) is 6.20 Å². The normalized spacial score (nSPS) is 18.2. The van der Waals surface area contributed by atoms with Gasteiger partial charge in [0.1, 0.15) is 0 Å². The Morgan fingerprint density at radius 1 is 1.38 bits per heavy atom. The van der Waals surface area contributed by atoms with Gasteiger partial charge in [-0.3, -0.25) is 5.10 Å². The minimum absolute atomic E-state index is 0.156. The Labute approximate surface area is 98.0 Å². The second-order valence-electron chi connectivity index (χ2n) is 5.88. The Kier molecular flexibility index (Phi) is 3.33. The average molecular weight is 221 g/mol. The third-order valence-corrected chi connectivity index (χ3v) is 3.40. The highest BCUT2D eigenvalue weighted by Gasteiger charge is 2.21. The molecule has 3 nitrogen and oxygen atoms in total. The topological polar surface area (TPSA) is 40.7 Å². The number of H-pyrrole nitrogens is 1. The fourth-order valence-electron chi connectivity index (χ4n) is 2.48. The minimum atomic E-state index is 0.156. The molecular formula is C13H23N3. The van der Waals surface area contributed by atoms with Crippen molar-refractivity contribution < 1.29 is 0 Å². The standard InChI is InChI=1S/C13H23N3/c1-13(2,3)12-10(9-15-16-12)8-14-11-6-4-5-7-11/h9,11,14H,4-8H2,1-3H3,(H,15,16). The molecule has 0 amide bonds. The molecule has 0 aliphatic heterocycles. The van der Waals surface area contributed by atoms with Crippen LogP contribution >= 0.6 is 0 Å². The Morgan fingerprint density at radius 2 is 2.06 bits per heavy atom. The second kappa shape index (κ2) is 4.58. The first-order valence-corrected chi connectivity index (χ1v) is 6.33. The highest BCUT2D eigenvalue weighted by molar-refractivity contribution is 5.23. The predicted molar refractivity (Wildman–Crippen MR) is 66.4 cm³/mol. The van der Waals surface area contributed by atoms with E-state index >= 15 is 0 Å². The van der Waals surface area contributed by atoms with E-state index in [0.29, 0.717) is 0 Å². The monoisotopic (exact) mass is 221 g/mol. The molecule has 0 spiro atoms. The number of hydrogen-bond acceptors (Lipinski definition) is 2. The van der Waals surface area contributed by atoms with Crippen LogP contribution in [0.5, 0.6) is 0 Å². The number of aromatic amines is 1. The lowest BCUT2D eigenvalue weighted by molar-refractivity contribution is 0.509. The van der Waals surface area contributed by atoms with Gasteiger partial charge >= 0.3 is 0 Å². The summed E-state index contributed by atoms with van der Waals surface area (Å²) >= 11 is 0. The maximum Gasteiger partial charge on any atom is 0.0535 e. The summed E-state index contributed by atoms with van der Waals surface area (Å²) in [7, 11) is 0. The Bertz CT molecular complexity index is 329. The molecular weight excluding hydrogens is 198 g/mol. The van der Waals surface area contributed by atoms with Gasteiger partial charge in [-0.25, -0.2) is 0 Å². The molecule has 1 aromatic heterocycles. The molecule has 90 valence electrons. The maximum absolute atomic E-state index is 4.17. The van der Waals surface area contributed by atoms with Crippen LogP contribution in [0.15, 0.2) is 6.20 Å². The van der Waals surface area contributed by atoms with Gasteiger partial charge in [-0.15, -0.1) is 0 Å². The van der Waals surface area contributed by atoms with E-state index in [1.54, 1.807) is 0 Å². The van der Waals surface area contributed by atoms with Gasteiger partial charge in [-0.2, -0.15) is 5.10 Å². The van der Waals surface area contributed by atoms with Crippen LogP contribution in [0, 0.1) is 0 Å². The van der Waals surface area contributed by atoms with Crippen molar-refractivity contribution in [2.24, 2.45) is 0 Å². The first-order chi connectivity index (χ1) is 7.57. The van der Waals surface area contributed by atoms with Gasteiger partial charge in [-0.1, -0.05) is 33.6 Å². The molecule has 0 unspecified atom stereocenters. The van der Waals surface area contributed by atoms with Crippen molar-refractivity contribution in [3.8, 4) is 0 Å². The summed E-state index contributed by atoms with van der Waals surface area (Å²) in [5, 5.41) is 10.9. The quantitative estimate of drug-likeness (QED) is 0.824. The molecule has 3 heteroatoms. The largest absolute Gasteiger partial charge is 0.310 e. The molecule has 0 radical (unpaired) electrons. The number of hydrogen-bond donors (Lipinski definition) is 2. The highest BCUT2D eigenvalue weighted by Crippen LogP contribution is 2.24. The molecule has 1 saturated carbocycles. The summed E-state index contributed by atoms with van der Waals surface area (Å²) in [5.74, 6) is 0. The van der Waals surface area contributed by atoms with Gasteiger partial charge in [0.15, 0.2) is 0 Å². The lowest BCUT2D eigenvalue weighted by atomic mass is 9.89. The molecule has 0 bridgehead atoms. The van der Waals surface area contributed by atoms with Gasteiger partial charge in [0.2, 0.25) is 0 Å². The number of nitrogens with zero attached hydrogens (tertiary/aromatic N) is 1. The van der Waals surface area contributed by atoms with Crippen LogP contribution in [0.1, 0.15) is 57.7 Å². The first kappa shape index (κ1) is 11.6. The van der Waals surface area contributed by atoms with Crippen LogP contribution in [0.2, 0.25) is 0 Å². The molecule has 1 aromatic rings. The summed E-state index contributed by atoms with van der Waals surface area (Å²) in [4.78, 5) is 0. The summed E-state index contributed by atoms with van der Waals surface area (Å²) in [6.45, 7) is 7.62. The van der Waals surface area contributed by atoms with Crippen LogP contribution < -0.4 is 5.32 Å². The highest BCUT2D eigenvalue weighted by atomic mass is 15.1. The predicted octanol–water partition coefficient (Wildman–Crippen LogP) is 2.74. The van der Waals surface area contributed by atoms with E-state index < -0.39 is 0 Å². The van der Waals surface area contributed by atoms with E-state index in [2.05, 4.69) is 36.3 Å². The molecule has 0 aromatic carbocycles. The summed E-state index contributed by atoms with van der Waals surface area (Å²) in [6, 6.07) is 0.725. The van der Waals surface area contributed by atoms with E-state index in [-0.39, 0.29) is 5.41 Å². The van der Waals surface area contributed by atoms with Gasteiger partial charge in [0.25, 0.3) is 0 Å². The molecule has 0 atom stereocenters. The number of nitrogens with one attached hydrogen (secondary N) is 2. The van der Waals surface area contributed by atoms with E-state index in [1.165, 1.54) is 36.9 Å². The van der Waals surface area contributed by atoms with Crippen LogP contribution in [0.4, 0.5) is 0 Å². The van der Waals surface area contributed by atoms with Gasteiger partial charge in [0, 0.05) is 29.3 Å². The van der Waals surface area contributed by atoms with Crippen molar-refractivity contribution in [1.82, 2.24) is 15.5 Å². The Balaban J connectivity index is 1.96. The molecule has 2 N–H and O–H groups in total. The summed E-state index contributed by atoms with van der Waals surface area (Å²) < 4.78 is 0. The SMILES string of the molecule is CC(C)(C)c1[nH]ncc1CNC1CCCC1. The fourth-order valence-corrected chi connectivity index (χ4v) is 2.48. The van der Waals surface area contributed by atoms with E-state index in [4.69, 9.17) is 0 Å². The van der Waals surface area contributed by atoms with Crippen LogP contribution in [-0.2, 0) is 12.0 Å². The van der Waals surface area contributed by atoms with Crippen molar-refractivity contribution in [2.45, 2.75) is 64.5 Å². The van der Waals surface area contributed by atoms with Crippen molar-refractivity contribution in [3.05, 3.63) is 17.5 Å². The zero-order valence-electron chi connectivity index (χ0n) is 10.6. The molecule has 16 heavy (non-hydrogen) atoms. The molecule has 0 saturated heterocycles. The van der Waals surface area contributed by atoms with Gasteiger partial charge in [-0.05, 0) is 12.8 Å². The van der Waals surface area contributed by atoms with Crippen molar-refractivity contribution in [2.75, 3.05) is 0 Å². The van der Waals surface area contributed by atoms with Gasteiger partial charge < -0.3 is 5.32 Å². The van der Waals surface area contributed by atoms with Crippen molar-refractivity contribution in [1.29, 1.82) is 0 Å². The fraction of sp³-hybridized carbons (Fsp3) is 0.769. The summed E-state index contributed by atoms with van der Waals surface area (Å²) in [6.07, 6.45) is 7.40. The number of rotatable bonds is 3. The van der Waals surface area contributed by atoms with Crippen LogP contribution in [0.3, 0.4) is 0 Å². The maximum atomic E-state index is 4.17. The zero-order chi connectivity index (χ0) is 11.6. The lowest BCUT2D eigenvalue weighted by Gasteiger charge is -2.19. The van der Waals surface area contributed by atoms with Crippen molar-refractivity contribution in [3.63, 3.8) is 0 Å². The molecule has 1 fully saturated rings. The van der Waals surface area contributed by atoms with E-state index in [9.17, 15) is 0 Å². The third-order valence-electron chi connectivity index (χ3n) is 3.40. The molecule has 1 aliphatic rings. The van der Waals surface area contributed by atoms with Gasteiger partial charge in [0.05, 0.1) is 6.20 Å². The smallest absolute Gasteiger partial charge is 0.0535 e. The third kappa shape index (κ3) is 2.64. The van der Waals surface area contributed by atoms with Crippen LogP contribution in [-0.4, -0.2) is 16.2 Å². The Morgan fingerprint density at radius 3 is 2.69 bits per heavy atom. The van der Waals surface area contributed by atoms with Crippen molar-refractivity contribution >= 4 is 0 Å². The van der Waals surface area contributed by atoms with Crippen LogP contribution in [0.25, 0.3) is 0 Å². The Hall–Kier alpha value is -0.830. The molecule has 1 heterocycles. The zero-order valence-corrected chi connectivity index (χ0v) is 10.6. The number of aromatic nitrogens is 2. The first-order valence-electron chi connectivity index (χ1n) is 6.33. The average Bonchev–Trinajstić information content (AvgIpc) is 2.85. The van der Waals surface area contributed by atoms with E-state index in [0.717, 1.165) is 12.6 Å².